The lowest BCUT2D eigenvalue weighted by Crippen LogP contribution is -2.48. The zero-order chi connectivity index (χ0) is 20.3. The Morgan fingerprint density at radius 1 is 1.26 bits per heavy atom. The van der Waals surface area contributed by atoms with Crippen LogP contribution < -0.4 is 0 Å². The van der Waals surface area contributed by atoms with Crippen LogP contribution in [-0.4, -0.2) is 60.0 Å². The number of ketones is 1. The van der Waals surface area contributed by atoms with Crippen molar-refractivity contribution >= 4 is 17.7 Å². The standard InChI is InChI=1S/C20H30N2O5/c1-11(2)19(24)22(10-15-8-7-9-27-15)14(5)18(23)16-12(3)17(20(25)26-6)21-13(16)4/h11,14-15,21H,7-10H2,1-6H3/t14-,15-/m1/s1. The van der Waals surface area contributed by atoms with Gasteiger partial charge in [0, 0.05) is 30.3 Å². The summed E-state index contributed by atoms with van der Waals surface area (Å²) in [6, 6.07) is -0.650. The Morgan fingerprint density at radius 2 is 1.93 bits per heavy atom. The minimum Gasteiger partial charge on any atom is -0.464 e. The van der Waals surface area contributed by atoms with E-state index in [4.69, 9.17) is 9.47 Å². The Bertz CT molecular complexity index is 716. The van der Waals surface area contributed by atoms with Crippen LogP contribution in [0.2, 0.25) is 0 Å². The van der Waals surface area contributed by atoms with E-state index >= 15 is 0 Å². The van der Waals surface area contributed by atoms with E-state index in [1.54, 1.807) is 25.7 Å². The normalized spacial score (nSPS) is 17.8. The highest BCUT2D eigenvalue weighted by Crippen LogP contribution is 2.24. The Balaban J connectivity index is 2.32. The molecule has 27 heavy (non-hydrogen) atoms. The minimum atomic E-state index is -0.650. The lowest BCUT2D eigenvalue weighted by atomic mass is 9.98. The van der Waals surface area contributed by atoms with Crippen LogP contribution in [0.5, 0.6) is 0 Å². The summed E-state index contributed by atoms with van der Waals surface area (Å²) in [5, 5.41) is 0. The third-order valence-electron chi connectivity index (χ3n) is 5.12. The summed E-state index contributed by atoms with van der Waals surface area (Å²) < 4.78 is 10.4. The van der Waals surface area contributed by atoms with Gasteiger partial charge in [-0.05, 0) is 39.2 Å². The second-order valence-electron chi connectivity index (χ2n) is 7.44. The van der Waals surface area contributed by atoms with Gasteiger partial charge in [-0.3, -0.25) is 9.59 Å². The first-order valence-electron chi connectivity index (χ1n) is 9.42. The molecule has 150 valence electrons. The fourth-order valence-corrected chi connectivity index (χ4v) is 3.55. The third kappa shape index (κ3) is 4.40. The molecule has 0 radical (unpaired) electrons. The van der Waals surface area contributed by atoms with Gasteiger partial charge in [-0.25, -0.2) is 4.79 Å². The van der Waals surface area contributed by atoms with Crippen molar-refractivity contribution in [1.82, 2.24) is 9.88 Å². The molecule has 0 aliphatic carbocycles. The molecule has 0 bridgehead atoms. The number of esters is 1. The Morgan fingerprint density at radius 3 is 2.44 bits per heavy atom. The molecule has 7 heteroatoms. The molecule has 1 aromatic rings. The van der Waals surface area contributed by atoms with Crippen LogP contribution in [0.3, 0.4) is 0 Å². The summed E-state index contributed by atoms with van der Waals surface area (Å²) >= 11 is 0. The highest BCUT2D eigenvalue weighted by molar-refractivity contribution is 6.06. The van der Waals surface area contributed by atoms with Crippen LogP contribution in [0, 0.1) is 19.8 Å². The molecule has 0 spiro atoms. The Hall–Kier alpha value is -2.15. The summed E-state index contributed by atoms with van der Waals surface area (Å²) in [5.74, 6) is -1.01. The average Bonchev–Trinajstić information content (AvgIpc) is 3.24. The number of H-pyrrole nitrogens is 1. The van der Waals surface area contributed by atoms with Crippen LogP contribution in [-0.2, 0) is 14.3 Å². The monoisotopic (exact) mass is 378 g/mol. The number of ether oxygens (including phenoxy) is 2. The first kappa shape index (κ1) is 21.2. The molecule has 1 aromatic heterocycles. The number of nitrogens with one attached hydrogen (secondary N) is 1. The summed E-state index contributed by atoms with van der Waals surface area (Å²) in [6.45, 7) is 9.93. The highest BCUT2D eigenvalue weighted by atomic mass is 16.5. The van der Waals surface area contributed by atoms with Gasteiger partial charge in [-0.1, -0.05) is 13.8 Å². The van der Waals surface area contributed by atoms with E-state index in [0.717, 1.165) is 12.8 Å². The molecule has 0 saturated carbocycles. The fourth-order valence-electron chi connectivity index (χ4n) is 3.55. The number of methoxy groups -OCH3 is 1. The van der Waals surface area contributed by atoms with Gasteiger partial charge < -0.3 is 19.4 Å². The summed E-state index contributed by atoms with van der Waals surface area (Å²) in [7, 11) is 1.30. The number of aryl methyl sites for hydroxylation is 1. The molecule has 1 amide bonds. The van der Waals surface area contributed by atoms with Crippen molar-refractivity contribution in [3.05, 3.63) is 22.5 Å². The van der Waals surface area contributed by atoms with Crippen molar-refractivity contribution in [2.45, 2.75) is 59.6 Å². The summed E-state index contributed by atoms with van der Waals surface area (Å²) in [5.41, 5.74) is 1.85. The maximum Gasteiger partial charge on any atom is 0.354 e. The lowest BCUT2D eigenvalue weighted by Gasteiger charge is -2.32. The first-order valence-corrected chi connectivity index (χ1v) is 9.42. The van der Waals surface area contributed by atoms with Crippen LogP contribution in [0.25, 0.3) is 0 Å². The van der Waals surface area contributed by atoms with E-state index in [9.17, 15) is 14.4 Å². The van der Waals surface area contributed by atoms with Gasteiger partial charge in [0.2, 0.25) is 5.91 Å². The average molecular weight is 378 g/mol. The molecule has 1 saturated heterocycles. The molecular formula is C20H30N2O5. The SMILES string of the molecule is COC(=O)c1[nH]c(C)c(C(=O)[C@@H](C)N(C[C@H]2CCCO2)C(=O)C(C)C)c1C. The quantitative estimate of drug-likeness (QED) is 0.582. The lowest BCUT2D eigenvalue weighted by molar-refractivity contribution is -0.137. The molecule has 1 fully saturated rings. The smallest absolute Gasteiger partial charge is 0.354 e. The van der Waals surface area contributed by atoms with Gasteiger partial charge in [0.05, 0.1) is 19.3 Å². The molecule has 2 atom stereocenters. The van der Waals surface area contributed by atoms with Crippen LogP contribution in [0.15, 0.2) is 0 Å². The zero-order valence-corrected chi connectivity index (χ0v) is 17.0. The van der Waals surface area contributed by atoms with Crippen molar-refractivity contribution in [2.75, 3.05) is 20.3 Å². The van der Waals surface area contributed by atoms with Gasteiger partial charge in [-0.15, -0.1) is 0 Å². The van der Waals surface area contributed by atoms with Crippen molar-refractivity contribution in [2.24, 2.45) is 5.92 Å². The van der Waals surface area contributed by atoms with Gasteiger partial charge in [-0.2, -0.15) is 0 Å². The van der Waals surface area contributed by atoms with Crippen molar-refractivity contribution in [3.8, 4) is 0 Å². The molecule has 0 aromatic carbocycles. The van der Waals surface area contributed by atoms with Gasteiger partial charge >= 0.3 is 5.97 Å². The van der Waals surface area contributed by atoms with Crippen LogP contribution in [0.4, 0.5) is 0 Å². The maximum absolute atomic E-state index is 13.2. The number of amides is 1. The summed E-state index contributed by atoms with van der Waals surface area (Å²) in [6.07, 6.45) is 1.81. The second kappa shape index (κ2) is 8.69. The van der Waals surface area contributed by atoms with Crippen LogP contribution in [0.1, 0.15) is 65.7 Å². The van der Waals surface area contributed by atoms with E-state index < -0.39 is 12.0 Å². The zero-order valence-electron chi connectivity index (χ0n) is 17.0. The van der Waals surface area contributed by atoms with Gasteiger partial charge in [0.15, 0.2) is 5.78 Å². The molecule has 2 rings (SSSR count). The maximum atomic E-state index is 13.2. The van der Waals surface area contributed by atoms with E-state index in [1.807, 2.05) is 13.8 Å². The van der Waals surface area contributed by atoms with E-state index in [0.29, 0.717) is 30.0 Å². The predicted molar refractivity (Wildman–Crippen MR) is 101 cm³/mol. The van der Waals surface area contributed by atoms with Gasteiger partial charge in [0.25, 0.3) is 0 Å². The topological polar surface area (TPSA) is 88.7 Å². The van der Waals surface area contributed by atoms with Gasteiger partial charge in [0.1, 0.15) is 5.69 Å². The predicted octanol–water partition coefficient (Wildman–Crippen LogP) is 2.65. The summed E-state index contributed by atoms with van der Waals surface area (Å²) in [4.78, 5) is 42.5. The number of aromatic nitrogens is 1. The Kier molecular flexibility index (Phi) is 6.81. The molecule has 1 aliphatic heterocycles. The number of carbonyl (C=O) groups is 3. The second-order valence-corrected chi connectivity index (χ2v) is 7.44. The third-order valence-corrected chi connectivity index (χ3v) is 5.12. The largest absolute Gasteiger partial charge is 0.464 e. The molecule has 2 heterocycles. The van der Waals surface area contributed by atoms with Crippen molar-refractivity contribution < 1.29 is 23.9 Å². The van der Waals surface area contributed by atoms with E-state index in [-0.39, 0.29) is 29.4 Å². The molecule has 7 nitrogen and oxygen atoms in total. The minimum absolute atomic E-state index is 0.0398. The number of Topliss-reactive ketones (excluding diaryl/α,β-unsaturated/α-hetero) is 1. The van der Waals surface area contributed by atoms with E-state index in [2.05, 4.69) is 4.98 Å². The highest BCUT2D eigenvalue weighted by Gasteiger charge is 2.34. The molecule has 1 N–H and O–H groups in total. The fraction of sp³-hybridized carbons (Fsp3) is 0.650. The molecule has 0 unspecified atom stereocenters. The number of aromatic amines is 1. The van der Waals surface area contributed by atoms with Crippen molar-refractivity contribution in [1.29, 1.82) is 0 Å². The number of carbonyl (C=O) groups excluding carboxylic acids is 3. The number of hydrogen-bond acceptors (Lipinski definition) is 5. The number of hydrogen-bond donors (Lipinski definition) is 1. The molecule has 1 aliphatic rings. The number of rotatable bonds is 7. The number of nitrogens with zero attached hydrogens (tertiary/aromatic N) is 1. The Labute approximate surface area is 160 Å². The van der Waals surface area contributed by atoms with Crippen molar-refractivity contribution in [3.63, 3.8) is 0 Å². The van der Waals surface area contributed by atoms with E-state index in [1.165, 1.54) is 7.11 Å². The van der Waals surface area contributed by atoms with Crippen LogP contribution >= 0.6 is 0 Å². The first-order chi connectivity index (χ1) is 12.7. The molecular weight excluding hydrogens is 348 g/mol.